The van der Waals surface area contributed by atoms with Crippen LogP contribution in [-0.4, -0.2) is 24.6 Å². The molecule has 0 aromatic heterocycles. The highest BCUT2D eigenvalue weighted by Crippen LogP contribution is 2.12. The molecule has 0 rings (SSSR count). The largest absolute Gasteiger partial charge is 0.466 e. The summed E-state index contributed by atoms with van der Waals surface area (Å²) in [7, 11) is 0. The molecule has 0 bridgehead atoms. The van der Waals surface area contributed by atoms with Crippen molar-refractivity contribution in [3.05, 3.63) is 0 Å². The lowest BCUT2D eigenvalue weighted by Crippen LogP contribution is -2.14. The molecule has 0 saturated carbocycles. The van der Waals surface area contributed by atoms with Gasteiger partial charge in [0.25, 0.3) is 0 Å². The van der Waals surface area contributed by atoms with Gasteiger partial charge in [-0.25, -0.2) is 0 Å². The van der Waals surface area contributed by atoms with E-state index in [9.17, 15) is 9.59 Å². The molecule has 0 fully saturated rings. The molecule has 4 nitrogen and oxygen atoms in total. The maximum atomic E-state index is 11.8. The fourth-order valence-corrected chi connectivity index (χ4v) is 2.85. The van der Waals surface area contributed by atoms with Gasteiger partial charge < -0.3 is 9.47 Å². The highest BCUT2D eigenvalue weighted by molar-refractivity contribution is 5.69. The minimum Gasteiger partial charge on any atom is -0.466 e. The summed E-state index contributed by atoms with van der Waals surface area (Å²) in [6.07, 6.45) is 15.1. The Morgan fingerprint density at radius 1 is 0.692 bits per heavy atom. The predicted octanol–water partition coefficient (Wildman–Crippen LogP) is 6.35. The lowest BCUT2D eigenvalue weighted by atomic mass is 10.1. The minimum atomic E-state index is -0.0648. The SMILES string of the molecule is CCCCCCC(C)OC(=O)CCCCCCCCC(=O)OCCCC. The smallest absolute Gasteiger partial charge is 0.306 e. The quantitative estimate of drug-likeness (QED) is 0.208. The van der Waals surface area contributed by atoms with Crippen LogP contribution in [0.2, 0.25) is 0 Å². The molecule has 0 N–H and O–H groups in total. The van der Waals surface area contributed by atoms with Crippen molar-refractivity contribution in [3.63, 3.8) is 0 Å². The van der Waals surface area contributed by atoms with Crippen molar-refractivity contribution in [2.75, 3.05) is 6.61 Å². The Kier molecular flexibility index (Phi) is 18.0. The summed E-state index contributed by atoms with van der Waals surface area (Å²) >= 11 is 0. The fraction of sp³-hybridized carbons (Fsp3) is 0.909. The summed E-state index contributed by atoms with van der Waals surface area (Å²) in [5, 5.41) is 0. The molecule has 1 unspecified atom stereocenters. The zero-order valence-electron chi connectivity index (χ0n) is 17.5. The van der Waals surface area contributed by atoms with Gasteiger partial charge in [-0.1, -0.05) is 65.2 Å². The summed E-state index contributed by atoms with van der Waals surface area (Å²) in [5.41, 5.74) is 0. The molecule has 26 heavy (non-hydrogen) atoms. The number of ether oxygens (including phenoxy) is 2. The van der Waals surface area contributed by atoms with Gasteiger partial charge >= 0.3 is 11.9 Å². The second-order valence-corrected chi connectivity index (χ2v) is 7.35. The van der Waals surface area contributed by atoms with E-state index in [0.717, 1.165) is 64.2 Å². The molecule has 0 aliphatic rings. The Labute approximate surface area is 161 Å². The van der Waals surface area contributed by atoms with E-state index < -0.39 is 0 Å². The Bertz CT molecular complexity index is 341. The molecular weight excluding hydrogens is 328 g/mol. The van der Waals surface area contributed by atoms with Crippen LogP contribution in [0.25, 0.3) is 0 Å². The molecule has 0 aliphatic heterocycles. The molecule has 0 aliphatic carbocycles. The van der Waals surface area contributed by atoms with Crippen LogP contribution in [0, 0.1) is 0 Å². The molecule has 0 heterocycles. The van der Waals surface area contributed by atoms with Crippen LogP contribution in [0.5, 0.6) is 0 Å². The summed E-state index contributed by atoms with van der Waals surface area (Å²) in [5.74, 6) is -0.118. The van der Waals surface area contributed by atoms with Gasteiger partial charge in [0.05, 0.1) is 12.7 Å². The van der Waals surface area contributed by atoms with Gasteiger partial charge in [0.1, 0.15) is 0 Å². The van der Waals surface area contributed by atoms with Crippen LogP contribution in [0.15, 0.2) is 0 Å². The predicted molar refractivity (Wildman–Crippen MR) is 107 cm³/mol. The molecule has 0 radical (unpaired) electrons. The first-order valence-corrected chi connectivity index (χ1v) is 10.9. The summed E-state index contributed by atoms with van der Waals surface area (Å²) in [6, 6.07) is 0. The summed E-state index contributed by atoms with van der Waals surface area (Å²) in [6.45, 7) is 6.84. The minimum absolute atomic E-state index is 0.0523. The van der Waals surface area contributed by atoms with Gasteiger partial charge in [-0.2, -0.15) is 0 Å². The molecule has 0 spiro atoms. The van der Waals surface area contributed by atoms with E-state index in [1.165, 1.54) is 19.3 Å². The first kappa shape index (κ1) is 24.9. The molecule has 0 saturated heterocycles. The zero-order chi connectivity index (χ0) is 19.5. The van der Waals surface area contributed by atoms with E-state index in [0.29, 0.717) is 19.4 Å². The first-order valence-electron chi connectivity index (χ1n) is 10.9. The first-order chi connectivity index (χ1) is 12.6. The number of hydrogen-bond acceptors (Lipinski definition) is 4. The van der Waals surface area contributed by atoms with Gasteiger partial charge in [0.15, 0.2) is 0 Å². The maximum absolute atomic E-state index is 11.8. The van der Waals surface area contributed by atoms with Crippen molar-refractivity contribution < 1.29 is 19.1 Å². The monoisotopic (exact) mass is 370 g/mol. The van der Waals surface area contributed by atoms with Crippen molar-refractivity contribution in [3.8, 4) is 0 Å². The third-order valence-corrected chi connectivity index (χ3v) is 4.57. The van der Waals surface area contributed by atoms with Crippen molar-refractivity contribution in [2.45, 2.75) is 123 Å². The Balaban J connectivity index is 3.38. The summed E-state index contributed by atoms with van der Waals surface area (Å²) in [4.78, 5) is 23.2. The van der Waals surface area contributed by atoms with Crippen LogP contribution in [0.4, 0.5) is 0 Å². The Morgan fingerprint density at radius 3 is 1.85 bits per heavy atom. The van der Waals surface area contributed by atoms with Crippen LogP contribution < -0.4 is 0 Å². The fourth-order valence-electron chi connectivity index (χ4n) is 2.85. The van der Waals surface area contributed by atoms with Crippen LogP contribution in [-0.2, 0) is 19.1 Å². The van der Waals surface area contributed by atoms with Crippen LogP contribution in [0.3, 0.4) is 0 Å². The third kappa shape index (κ3) is 17.8. The van der Waals surface area contributed by atoms with E-state index in [2.05, 4.69) is 13.8 Å². The molecule has 154 valence electrons. The lowest BCUT2D eigenvalue weighted by molar-refractivity contribution is -0.148. The standard InChI is InChI=1S/C22H42O4/c1-4-6-8-13-16-20(3)26-22(24)18-15-12-10-9-11-14-17-21(23)25-19-7-5-2/h20H,4-19H2,1-3H3. The van der Waals surface area contributed by atoms with Gasteiger partial charge in [-0.05, 0) is 39.0 Å². The number of esters is 2. The van der Waals surface area contributed by atoms with Crippen molar-refractivity contribution in [1.82, 2.24) is 0 Å². The Morgan fingerprint density at radius 2 is 1.23 bits per heavy atom. The third-order valence-electron chi connectivity index (χ3n) is 4.57. The number of hydrogen-bond donors (Lipinski definition) is 0. The number of rotatable bonds is 18. The van der Waals surface area contributed by atoms with Crippen molar-refractivity contribution in [1.29, 1.82) is 0 Å². The van der Waals surface area contributed by atoms with Crippen LogP contribution >= 0.6 is 0 Å². The number of carbonyl (C=O) groups excluding carboxylic acids is 2. The van der Waals surface area contributed by atoms with E-state index in [1.807, 2.05) is 6.92 Å². The molecular formula is C22H42O4. The summed E-state index contributed by atoms with van der Waals surface area (Å²) < 4.78 is 10.6. The molecule has 1 atom stereocenters. The topological polar surface area (TPSA) is 52.6 Å². The Hall–Kier alpha value is -1.06. The number of carbonyl (C=O) groups is 2. The van der Waals surface area contributed by atoms with Crippen molar-refractivity contribution in [2.24, 2.45) is 0 Å². The van der Waals surface area contributed by atoms with E-state index in [4.69, 9.17) is 9.47 Å². The second-order valence-electron chi connectivity index (χ2n) is 7.35. The van der Waals surface area contributed by atoms with E-state index in [-0.39, 0.29) is 18.0 Å². The van der Waals surface area contributed by atoms with Gasteiger partial charge in [-0.15, -0.1) is 0 Å². The molecule has 0 aromatic carbocycles. The molecule has 0 amide bonds. The number of unbranched alkanes of at least 4 members (excludes halogenated alkanes) is 9. The van der Waals surface area contributed by atoms with E-state index in [1.54, 1.807) is 0 Å². The average molecular weight is 371 g/mol. The lowest BCUT2D eigenvalue weighted by Gasteiger charge is -2.13. The highest BCUT2D eigenvalue weighted by Gasteiger charge is 2.09. The van der Waals surface area contributed by atoms with E-state index >= 15 is 0 Å². The normalized spacial score (nSPS) is 12.0. The van der Waals surface area contributed by atoms with Gasteiger partial charge in [-0.3, -0.25) is 9.59 Å². The average Bonchev–Trinajstić information content (AvgIpc) is 2.61. The zero-order valence-corrected chi connectivity index (χ0v) is 17.5. The van der Waals surface area contributed by atoms with Crippen LogP contribution in [0.1, 0.15) is 117 Å². The molecule has 4 heteroatoms. The van der Waals surface area contributed by atoms with Gasteiger partial charge in [0, 0.05) is 12.8 Å². The van der Waals surface area contributed by atoms with Crippen molar-refractivity contribution >= 4 is 11.9 Å². The maximum Gasteiger partial charge on any atom is 0.306 e. The van der Waals surface area contributed by atoms with Gasteiger partial charge in [0.2, 0.25) is 0 Å². The highest BCUT2D eigenvalue weighted by atomic mass is 16.5. The molecule has 0 aromatic rings. The second kappa shape index (κ2) is 18.7.